The molecule has 1 aromatic rings. The van der Waals surface area contributed by atoms with E-state index < -0.39 is 23.1 Å². The Bertz CT molecular complexity index is 532. The zero-order valence-electron chi connectivity index (χ0n) is 12.1. The third-order valence-electron chi connectivity index (χ3n) is 2.73. The molecule has 0 saturated carbocycles. The van der Waals surface area contributed by atoms with E-state index in [2.05, 4.69) is 14.8 Å². The summed E-state index contributed by atoms with van der Waals surface area (Å²) in [5.41, 5.74) is 0.839. The van der Waals surface area contributed by atoms with Crippen molar-refractivity contribution >= 4 is 10.0 Å². The van der Waals surface area contributed by atoms with Crippen molar-refractivity contribution in [1.82, 2.24) is 14.6 Å². The second-order valence-corrected chi connectivity index (χ2v) is 6.19. The van der Waals surface area contributed by atoms with Gasteiger partial charge in [-0.1, -0.05) is 6.92 Å². The largest absolute Gasteiger partial charge is 0.374 e. The van der Waals surface area contributed by atoms with Gasteiger partial charge in [-0.2, -0.15) is 0 Å². The van der Waals surface area contributed by atoms with E-state index in [4.69, 9.17) is 0 Å². The zero-order valence-corrected chi connectivity index (χ0v) is 12.9. The van der Waals surface area contributed by atoms with Crippen LogP contribution in [0.2, 0.25) is 0 Å². The number of sulfonamides is 1. The molecule has 0 fully saturated rings. The third-order valence-corrected chi connectivity index (χ3v) is 4.16. The van der Waals surface area contributed by atoms with Gasteiger partial charge in [-0.3, -0.25) is 0 Å². The van der Waals surface area contributed by atoms with E-state index in [1.165, 1.54) is 6.20 Å². The Morgan fingerprint density at radius 2 is 2.14 bits per heavy atom. The van der Waals surface area contributed by atoms with E-state index in [-0.39, 0.29) is 18.0 Å². The monoisotopic (exact) mass is 325 g/mol. The molecule has 0 radical (unpaired) electrons. The number of aromatic nitrogens is 1. The van der Waals surface area contributed by atoms with Crippen LogP contribution in [0.25, 0.3) is 0 Å². The van der Waals surface area contributed by atoms with Crippen LogP contribution in [0.1, 0.15) is 12.6 Å². The fourth-order valence-electron chi connectivity index (χ4n) is 1.66. The SMILES string of the molecule is CCNCc1cc(S(=O)(=O)NCCOCC(F)F)cn1C. The Kier molecular flexibility index (Phi) is 7.23. The Morgan fingerprint density at radius 1 is 1.43 bits per heavy atom. The molecule has 1 aromatic heterocycles. The molecule has 6 nitrogen and oxygen atoms in total. The minimum Gasteiger partial charge on any atom is -0.374 e. The maximum Gasteiger partial charge on any atom is 0.261 e. The van der Waals surface area contributed by atoms with Crippen LogP contribution in [0.15, 0.2) is 17.2 Å². The van der Waals surface area contributed by atoms with E-state index in [0.717, 1.165) is 12.2 Å². The molecule has 0 saturated heterocycles. The van der Waals surface area contributed by atoms with Crippen LogP contribution >= 0.6 is 0 Å². The van der Waals surface area contributed by atoms with Crippen molar-refractivity contribution in [3.63, 3.8) is 0 Å². The topological polar surface area (TPSA) is 72.4 Å². The number of nitrogens with zero attached hydrogens (tertiary/aromatic N) is 1. The van der Waals surface area contributed by atoms with Gasteiger partial charge < -0.3 is 14.6 Å². The molecule has 0 unspecified atom stereocenters. The molecule has 1 heterocycles. The first-order valence-electron chi connectivity index (χ1n) is 6.58. The lowest BCUT2D eigenvalue weighted by Crippen LogP contribution is -2.27. The quantitative estimate of drug-likeness (QED) is 0.621. The van der Waals surface area contributed by atoms with Crippen LogP contribution in [0.3, 0.4) is 0 Å². The van der Waals surface area contributed by atoms with E-state index in [1.54, 1.807) is 17.7 Å². The highest BCUT2D eigenvalue weighted by molar-refractivity contribution is 7.89. The van der Waals surface area contributed by atoms with Crippen LogP contribution in [-0.4, -0.2) is 45.7 Å². The molecular formula is C12H21F2N3O3S. The predicted molar refractivity (Wildman–Crippen MR) is 74.8 cm³/mol. The average molecular weight is 325 g/mol. The number of nitrogens with one attached hydrogen (secondary N) is 2. The highest BCUT2D eigenvalue weighted by Gasteiger charge is 2.17. The third kappa shape index (κ3) is 6.08. The molecule has 122 valence electrons. The molecule has 2 N–H and O–H groups in total. The second-order valence-electron chi connectivity index (χ2n) is 4.42. The molecular weight excluding hydrogens is 304 g/mol. The minimum absolute atomic E-state index is 0.0491. The molecule has 0 atom stereocenters. The lowest BCUT2D eigenvalue weighted by Gasteiger charge is -2.05. The molecule has 0 amide bonds. The lowest BCUT2D eigenvalue weighted by atomic mass is 10.4. The molecule has 1 rings (SSSR count). The van der Waals surface area contributed by atoms with E-state index in [9.17, 15) is 17.2 Å². The average Bonchev–Trinajstić information content (AvgIpc) is 2.77. The van der Waals surface area contributed by atoms with Crippen LogP contribution in [0.5, 0.6) is 0 Å². The Hall–Kier alpha value is -1.03. The van der Waals surface area contributed by atoms with Crippen molar-refractivity contribution in [1.29, 1.82) is 0 Å². The first-order chi connectivity index (χ1) is 9.86. The molecule has 0 aliphatic carbocycles. The number of hydrogen-bond acceptors (Lipinski definition) is 4. The lowest BCUT2D eigenvalue weighted by molar-refractivity contribution is 0.0199. The van der Waals surface area contributed by atoms with Crippen molar-refractivity contribution in [2.45, 2.75) is 24.8 Å². The van der Waals surface area contributed by atoms with Gasteiger partial charge in [-0.15, -0.1) is 0 Å². The Balaban J connectivity index is 2.54. The Morgan fingerprint density at radius 3 is 2.76 bits per heavy atom. The predicted octanol–water partition coefficient (Wildman–Crippen LogP) is 0.695. The molecule has 0 aliphatic heterocycles. The maximum atomic E-state index is 12.0. The van der Waals surface area contributed by atoms with Gasteiger partial charge in [0.2, 0.25) is 10.0 Å². The molecule has 0 bridgehead atoms. The van der Waals surface area contributed by atoms with E-state index >= 15 is 0 Å². The summed E-state index contributed by atoms with van der Waals surface area (Å²) in [6.07, 6.45) is -1.04. The molecule has 9 heteroatoms. The highest BCUT2D eigenvalue weighted by atomic mass is 32.2. The van der Waals surface area contributed by atoms with Crippen LogP contribution < -0.4 is 10.0 Å². The summed E-state index contributed by atoms with van der Waals surface area (Å²) >= 11 is 0. The van der Waals surface area contributed by atoms with Crippen LogP contribution in [-0.2, 0) is 28.4 Å². The van der Waals surface area contributed by atoms with Gasteiger partial charge in [-0.05, 0) is 12.6 Å². The van der Waals surface area contributed by atoms with Gasteiger partial charge in [-0.25, -0.2) is 21.9 Å². The van der Waals surface area contributed by atoms with Crippen molar-refractivity contribution in [2.24, 2.45) is 7.05 Å². The number of hydrogen-bond donors (Lipinski definition) is 2. The van der Waals surface area contributed by atoms with Crippen LogP contribution in [0, 0.1) is 0 Å². The molecule has 0 spiro atoms. The van der Waals surface area contributed by atoms with Gasteiger partial charge in [0.1, 0.15) is 6.61 Å². The summed E-state index contributed by atoms with van der Waals surface area (Å²) in [5.74, 6) is 0. The van der Waals surface area contributed by atoms with E-state index in [0.29, 0.717) is 6.54 Å². The van der Waals surface area contributed by atoms with Crippen molar-refractivity contribution < 1.29 is 21.9 Å². The van der Waals surface area contributed by atoms with E-state index in [1.807, 2.05) is 6.92 Å². The molecule has 0 aliphatic rings. The second kappa shape index (κ2) is 8.42. The number of rotatable bonds is 10. The number of ether oxygens (including phenoxy) is 1. The maximum absolute atomic E-state index is 12.0. The van der Waals surface area contributed by atoms with Gasteiger partial charge in [0.25, 0.3) is 6.43 Å². The summed E-state index contributed by atoms with van der Waals surface area (Å²) in [6, 6.07) is 1.57. The van der Waals surface area contributed by atoms with Crippen molar-refractivity contribution in [2.75, 3.05) is 26.3 Å². The van der Waals surface area contributed by atoms with Crippen LogP contribution in [0.4, 0.5) is 8.78 Å². The summed E-state index contributed by atoms with van der Waals surface area (Å²) in [4.78, 5) is 0.145. The van der Waals surface area contributed by atoms with Crippen molar-refractivity contribution in [3.05, 3.63) is 18.0 Å². The minimum atomic E-state index is -3.65. The van der Waals surface area contributed by atoms with Gasteiger partial charge >= 0.3 is 0 Å². The first-order valence-corrected chi connectivity index (χ1v) is 8.06. The van der Waals surface area contributed by atoms with Gasteiger partial charge in [0.15, 0.2) is 0 Å². The summed E-state index contributed by atoms with van der Waals surface area (Å²) in [5, 5.41) is 3.11. The zero-order chi connectivity index (χ0) is 15.9. The van der Waals surface area contributed by atoms with Gasteiger partial charge in [0.05, 0.1) is 11.5 Å². The van der Waals surface area contributed by atoms with Crippen molar-refractivity contribution in [3.8, 4) is 0 Å². The van der Waals surface area contributed by atoms with Gasteiger partial charge in [0, 0.05) is 32.0 Å². The standard InChI is InChI=1S/C12H21F2N3O3S/c1-3-15-7-10-6-11(8-17(10)2)21(18,19)16-4-5-20-9-12(13)14/h6,8,12,15-16H,3-5,7,9H2,1-2H3. The Labute approximate surface area is 123 Å². The first kappa shape index (κ1) is 18.0. The fourth-order valence-corrected chi connectivity index (χ4v) is 2.76. The molecule has 0 aromatic carbocycles. The summed E-state index contributed by atoms with van der Waals surface area (Å²) in [6.45, 7) is 2.47. The molecule has 21 heavy (non-hydrogen) atoms. The summed E-state index contributed by atoms with van der Waals surface area (Å²) < 4.78 is 56.4. The highest BCUT2D eigenvalue weighted by Crippen LogP contribution is 2.13. The number of halogens is 2. The number of alkyl halides is 2. The fraction of sp³-hybridized carbons (Fsp3) is 0.667. The summed E-state index contributed by atoms with van der Waals surface area (Å²) in [7, 11) is -1.89. The normalized spacial score (nSPS) is 12.2. The smallest absolute Gasteiger partial charge is 0.261 e. The number of aryl methyl sites for hydroxylation is 1.